The van der Waals surface area contributed by atoms with Crippen LogP contribution in [0, 0.1) is 0 Å². The van der Waals surface area contributed by atoms with Gasteiger partial charge in [0, 0.05) is 37.7 Å². The van der Waals surface area contributed by atoms with Gasteiger partial charge < -0.3 is 21.1 Å². The topological polar surface area (TPSA) is 133 Å². The Morgan fingerprint density at radius 3 is 2.74 bits per heavy atom. The van der Waals surface area contributed by atoms with Crippen LogP contribution < -0.4 is 21.1 Å². The number of anilines is 2. The molecule has 10 nitrogen and oxygen atoms in total. The third-order valence-corrected chi connectivity index (χ3v) is 5.44. The minimum Gasteiger partial charge on any atom is -0.426 e. The molecule has 0 aliphatic heterocycles. The molecule has 4 rings (SSSR count). The lowest BCUT2D eigenvalue weighted by Crippen LogP contribution is -2.33. The van der Waals surface area contributed by atoms with E-state index in [1.54, 1.807) is 10.7 Å². The fourth-order valence-corrected chi connectivity index (χ4v) is 3.79. The highest BCUT2D eigenvalue weighted by Gasteiger charge is 2.21. The van der Waals surface area contributed by atoms with Crippen molar-refractivity contribution in [3.8, 4) is 5.75 Å². The highest BCUT2D eigenvalue weighted by molar-refractivity contribution is 5.83. The summed E-state index contributed by atoms with van der Waals surface area (Å²) in [6.07, 6.45) is 3.97. The normalized spacial score (nSPS) is 18.7. The van der Waals surface area contributed by atoms with Crippen molar-refractivity contribution < 1.29 is 9.53 Å². The first-order chi connectivity index (χ1) is 15.0. The van der Waals surface area contributed by atoms with Crippen LogP contribution in [0.5, 0.6) is 5.75 Å². The number of aryl methyl sites for hydroxylation is 1. The molecule has 2 aromatic heterocycles. The molecule has 0 radical (unpaired) electrons. The second kappa shape index (κ2) is 9.25. The van der Waals surface area contributed by atoms with E-state index in [2.05, 4.69) is 30.9 Å². The molecule has 0 unspecified atom stereocenters. The largest absolute Gasteiger partial charge is 0.426 e. The molecule has 31 heavy (non-hydrogen) atoms. The number of para-hydroxylation sites is 1. The molecule has 2 heterocycles. The summed E-state index contributed by atoms with van der Waals surface area (Å²) in [7, 11) is 0. The van der Waals surface area contributed by atoms with Crippen molar-refractivity contribution in [2.45, 2.75) is 64.7 Å². The molecule has 1 fully saturated rings. The van der Waals surface area contributed by atoms with Gasteiger partial charge in [-0.05, 0) is 38.7 Å². The van der Waals surface area contributed by atoms with E-state index in [0.29, 0.717) is 47.8 Å². The van der Waals surface area contributed by atoms with E-state index in [1.807, 2.05) is 25.1 Å². The molecule has 1 aromatic carbocycles. The lowest BCUT2D eigenvalue weighted by Gasteiger charge is -2.26. The average Bonchev–Trinajstić information content (AvgIpc) is 3.17. The van der Waals surface area contributed by atoms with E-state index in [0.717, 1.165) is 31.2 Å². The second-order valence-electron chi connectivity index (χ2n) is 7.78. The van der Waals surface area contributed by atoms with E-state index in [9.17, 15) is 4.79 Å². The third-order valence-electron chi connectivity index (χ3n) is 5.44. The van der Waals surface area contributed by atoms with Gasteiger partial charge in [0.15, 0.2) is 17.0 Å². The second-order valence-corrected chi connectivity index (χ2v) is 7.78. The number of nitrogens with two attached hydrogens (primary N) is 1. The van der Waals surface area contributed by atoms with Crippen LogP contribution in [0.1, 0.15) is 45.1 Å². The average molecular weight is 425 g/mol. The van der Waals surface area contributed by atoms with Crippen LogP contribution >= 0.6 is 0 Å². The Labute approximate surface area is 180 Å². The number of ether oxygens (including phenoxy) is 1. The van der Waals surface area contributed by atoms with Gasteiger partial charge in [0.25, 0.3) is 0 Å². The summed E-state index contributed by atoms with van der Waals surface area (Å²) in [6, 6.07) is 7.96. The maximum absolute atomic E-state index is 11.4. The number of hydrogen-bond donors (Lipinski definition) is 3. The molecule has 1 aliphatic rings. The maximum atomic E-state index is 11.4. The molecule has 164 valence electrons. The Hall–Kier alpha value is -3.27. The minimum atomic E-state index is -0.360. The van der Waals surface area contributed by atoms with Crippen LogP contribution in [0.4, 0.5) is 11.8 Å². The Morgan fingerprint density at radius 1 is 1.23 bits per heavy atom. The van der Waals surface area contributed by atoms with Crippen molar-refractivity contribution in [3.05, 3.63) is 29.8 Å². The highest BCUT2D eigenvalue weighted by Crippen LogP contribution is 2.25. The lowest BCUT2D eigenvalue weighted by atomic mass is 9.92. The van der Waals surface area contributed by atoms with Crippen LogP contribution in [-0.4, -0.2) is 43.0 Å². The number of nitrogens with one attached hydrogen (secondary N) is 2. The highest BCUT2D eigenvalue weighted by atomic mass is 16.5. The quantitative estimate of drug-likeness (QED) is 0.386. The molecular weight excluding hydrogens is 396 g/mol. The molecule has 0 atom stereocenters. The van der Waals surface area contributed by atoms with Crippen LogP contribution in [0.15, 0.2) is 24.3 Å². The number of benzene rings is 1. The zero-order valence-electron chi connectivity index (χ0n) is 17.8. The van der Waals surface area contributed by atoms with Gasteiger partial charge in [-0.25, -0.2) is 4.68 Å². The van der Waals surface area contributed by atoms with Gasteiger partial charge in [0.1, 0.15) is 5.75 Å². The molecule has 0 bridgehead atoms. The summed E-state index contributed by atoms with van der Waals surface area (Å²) in [5.41, 5.74) is 8.14. The monoisotopic (exact) mass is 424 g/mol. The first kappa shape index (κ1) is 21.0. The van der Waals surface area contributed by atoms with Crippen molar-refractivity contribution >= 4 is 28.9 Å². The van der Waals surface area contributed by atoms with Crippen molar-refractivity contribution in [1.82, 2.24) is 25.0 Å². The van der Waals surface area contributed by atoms with Gasteiger partial charge >= 0.3 is 5.97 Å². The summed E-state index contributed by atoms with van der Waals surface area (Å²) >= 11 is 0. The van der Waals surface area contributed by atoms with Crippen molar-refractivity contribution in [2.24, 2.45) is 5.73 Å². The lowest BCUT2D eigenvalue weighted by molar-refractivity contribution is -0.131. The summed E-state index contributed by atoms with van der Waals surface area (Å²) in [5.74, 6) is 1.28. The van der Waals surface area contributed by atoms with Crippen molar-refractivity contribution in [3.63, 3.8) is 0 Å². The summed E-state index contributed by atoms with van der Waals surface area (Å²) in [6.45, 7) is 4.44. The van der Waals surface area contributed by atoms with Gasteiger partial charge in [-0.2, -0.15) is 9.97 Å². The van der Waals surface area contributed by atoms with Crippen molar-refractivity contribution in [1.29, 1.82) is 0 Å². The van der Waals surface area contributed by atoms with Crippen LogP contribution in [-0.2, 0) is 17.9 Å². The van der Waals surface area contributed by atoms with E-state index in [-0.39, 0.29) is 12.0 Å². The van der Waals surface area contributed by atoms with Gasteiger partial charge in [-0.1, -0.05) is 23.4 Å². The number of carbonyl (C=O) groups is 1. The fourth-order valence-electron chi connectivity index (χ4n) is 3.79. The number of nitrogens with zero attached hydrogens (tertiary/aromatic N) is 5. The van der Waals surface area contributed by atoms with E-state index < -0.39 is 0 Å². The molecule has 0 saturated heterocycles. The standard InChI is InChI=1S/C21H28N8O2/c1-3-29-20-18(27-28-29)19(23-12-14-6-4-5-7-17(14)31-13(2)30)25-21(26-20)24-16-10-8-15(22)9-11-16/h4-7,15-16H,3,8-12,22H2,1-2H3,(H2,23,24,25,26). The zero-order valence-corrected chi connectivity index (χ0v) is 17.8. The van der Waals surface area contributed by atoms with Crippen LogP contribution in [0.3, 0.4) is 0 Å². The molecule has 3 aromatic rings. The predicted octanol–water partition coefficient (Wildman–Crippen LogP) is 2.46. The Bertz CT molecular complexity index is 1060. The third kappa shape index (κ3) is 4.91. The fraction of sp³-hybridized carbons (Fsp3) is 0.476. The van der Waals surface area contributed by atoms with Gasteiger partial charge in [0.05, 0.1) is 0 Å². The van der Waals surface area contributed by atoms with Gasteiger partial charge in [-0.3, -0.25) is 4.79 Å². The molecule has 4 N–H and O–H groups in total. The Balaban J connectivity index is 1.59. The van der Waals surface area contributed by atoms with E-state index in [4.69, 9.17) is 10.5 Å². The number of hydrogen-bond acceptors (Lipinski definition) is 9. The first-order valence-electron chi connectivity index (χ1n) is 10.7. The van der Waals surface area contributed by atoms with Crippen LogP contribution in [0.25, 0.3) is 11.2 Å². The van der Waals surface area contributed by atoms with Crippen molar-refractivity contribution in [2.75, 3.05) is 10.6 Å². The predicted molar refractivity (Wildman–Crippen MR) is 118 cm³/mol. The number of esters is 1. The first-order valence-corrected chi connectivity index (χ1v) is 10.7. The van der Waals surface area contributed by atoms with E-state index >= 15 is 0 Å². The minimum absolute atomic E-state index is 0.279. The SMILES string of the molecule is CCn1nnc2c(NCc3ccccc3OC(C)=O)nc(NC3CCC(N)CC3)nc21. The van der Waals surface area contributed by atoms with E-state index in [1.165, 1.54) is 6.92 Å². The number of rotatable bonds is 7. The maximum Gasteiger partial charge on any atom is 0.308 e. The smallest absolute Gasteiger partial charge is 0.308 e. The zero-order chi connectivity index (χ0) is 21.8. The molecule has 10 heteroatoms. The molecular formula is C21H28N8O2. The van der Waals surface area contributed by atoms with Gasteiger partial charge in [-0.15, -0.1) is 5.10 Å². The molecule has 1 aliphatic carbocycles. The van der Waals surface area contributed by atoms with Crippen LogP contribution in [0.2, 0.25) is 0 Å². The molecule has 1 saturated carbocycles. The Kier molecular flexibility index (Phi) is 6.26. The summed E-state index contributed by atoms with van der Waals surface area (Å²) in [4.78, 5) is 20.7. The summed E-state index contributed by atoms with van der Waals surface area (Å²) < 4.78 is 7.06. The molecule has 0 spiro atoms. The van der Waals surface area contributed by atoms with Gasteiger partial charge in [0.2, 0.25) is 5.95 Å². The number of carbonyl (C=O) groups excluding carboxylic acids is 1. The number of aromatic nitrogens is 5. The molecule has 0 amide bonds. The Morgan fingerprint density at radius 2 is 2.00 bits per heavy atom. The number of fused-ring (bicyclic) bond motifs is 1. The summed E-state index contributed by atoms with van der Waals surface area (Å²) in [5, 5.41) is 15.2.